The van der Waals surface area contributed by atoms with Crippen molar-refractivity contribution >= 4 is 33.5 Å². The smallest absolute Gasteiger partial charge is 0.341 e. The Balaban J connectivity index is 2.18. The predicted octanol–water partition coefficient (Wildman–Crippen LogP) is 5.19. The summed E-state index contributed by atoms with van der Waals surface area (Å²) in [6.45, 7) is 7.37. The number of carboxylic acid groups (broad SMARTS) is 1. The summed E-state index contributed by atoms with van der Waals surface area (Å²) in [6.07, 6.45) is 2.86. The van der Waals surface area contributed by atoms with Crippen molar-refractivity contribution in [3.8, 4) is 17.0 Å². The number of halogens is 2. The maximum absolute atomic E-state index is 12.7. The normalized spacial score (nSPS) is 15.5. The summed E-state index contributed by atoms with van der Waals surface area (Å²) in [5, 5.41) is 9.93. The van der Waals surface area contributed by atoms with Gasteiger partial charge in [-0.15, -0.1) is 0 Å². The second-order valence-electron chi connectivity index (χ2n) is 8.47. The highest BCUT2D eigenvalue weighted by atomic mass is 79.9. The van der Waals surface area contributed by atoms with Gasteiger partial charge < -0.3 is 19.1 Å². The van der Waals surface area contributed by atoms with Crippen LogP contribution in [-0.4, -0.2) is 36.0 Å². The van der Waals surface area contributed by atoms with Gasteiger partial charge >= 0.3 is 5.97 Å². The fraction of sp³-hybridized carbons (Fsp3) is 0.455. The lowest BCUT2D eigenvalue weighted by Crippen LogP contribution is -2.33. The van der Waals surface area contributed by atoms with Crippen LogP contribution in [0.1, 0.15) is 49.2 Å². The highest BCUT2D eigenvalue weighted by molar-refractivity contribution is 9.10. The number of ether oxygens (including phenoxy) is 2. The molecule has 1 aliphatic rings. The number of aromatic nitrogens is 1. The Morgan fingerprint density at radius 3 is 2.63 bits per heavy atom. The van der Waals surface area contributed by atoms with E-state index in [9.17, 15) is 14.7 Å². The van der Waals surface area contributed by atoms with E-state index in [1.54, 1.807) is 13.2 Å². The summed E-state index contributed by atoms with van der Waals surface area (Å²) in [7, 11) is 1.64. The van der Waals surface area contributed by atoms with Crippen molar-refractivity contribution < 1.29 is 19.4 Å². The number of fused-ring (bicyclic) bond motifs is 3. The van der Waals surface area contributed by atoms with E-state index in [1.165, 1.54) is 6.20 Å². The van der Waals surface area contributed by atoms with E-state index in [1.807, 2.05) is 10.6 Å². The molecular formula is C22H25BrClNO5. The second kappa shape index (κ2) is 8.73. The Hall–Kier alpha value is -1.83. The molecule has 30 heavy (non-hydrogen) atoms. The predicted molar refractivity (Wildman–Crippen MR) is 120 cm³/mol. The van der Waals surface area contributed by atoms with Crippen LogP contribution in [0, 0.1) is 5.41 Å². The third-order valence-electron chi connectivity index (χ3n) is 5.32. The van der Waals surface area contributed by atoms with E-state index < -0.39 is 11.4 Å². The van der Waals surface area contributed by atoms with Crippen molar-refractivity contribution in [1.82, 2.24) is 4.57 Å². The number of aromatic carboxylic acids is 1. The number of carboxylic acids is 1. The minimum Gasteiger partial charge on any atom is -0.492 e. The van der Waals surface area contributed by atoms with E-state index in [4.69, 9.17) is 21.1 Å². The van der Waals surface area contributed by atoms with Crippen LogP contribution in [0.2, 0.25) is 5.02 Å². The van der Waals surface area contributed by atoms with E-state index in [2.05, 4.69) is 36.7 Å². The molecule has 1 aromatic carbocycles. The van der Waals surface area contributed by atoms with Crippen molar-refractivity contribution in [1.29, 1.82) is 0 Å². The van der Waals surface area contributed by atoms with E-state index in [0.29, 0.717) is 36.1 Å². The number of hydrogen-bond acceptors (Lipinski definition) is 4. The molecule has 0 spiro atoms. The summed E-state index contributed by atoms with van der Waals surface area (Å²) < 4.78 is 13.0. The van der Waals surface area contributed by atoms with Crippen LogP contribution in [0.3, 0.4) is 0 Å². The van der Waals surface area contributed by atoms with Gasteiger partial charge in [0.25, 0.3) is 0 Å². The molecule has 0 bridgehead atoms. The molecule has 1 N–H and O–H groups in total. The van der Waals surface area contributed by atoms with Crippen molar-refractivity contribution in [3.05, 3.63) is 49.2 Å². The van der Waals surface area contributed by atoms with Crippen LogP contribution in [0.25, 0.3) is 11.3 Å². The molecule has 3 rings (SSSR count). The summed E-state index contributed by atoms with van der Waals surface area (Å²) in [6, 6.07) is 3.66. The third-order valence-corrected chi connectivity index (χ3v) is 6.35. The lowest BCUT2D eigenvalue weighted by atomic mass is 9.79. The molecule has 0 saturated carbocycles. The average molecular weight is 499 g/mol. The Labute approximate surface area is 188 Å². The molecular weight excluding hydrogens is 474 g/mol. The molecule has 1 aliphatic heterocycles. The van der Waals surface area contributed by atoms with Crippen molar-refractivity contribution in [2.24, 2.45) is 5.41 Å². The summed E-state index contributed by atoms with van der Waals surface area (Å²) in [4.78, 5) is 24.3. The van der Waals surface area contributed by atoms with Crippen LogP contribution < -0.4 is 10.2 Å². The van der Waals surface area contributed by atoms with Gasteiger partial charge in [-0.2, -0.15) is 0 Å². The molecule has 2 heterocycles. The highest BCUT2D eigenvalue weighted by Crippen LogP contribution is 2.46. The first kappa shape index (κ1) is 22.8. The van der Waals surface area contributed by atoms with Crippen LogP contribution >= 0.6 is 27.5 Å². The first-order valence-electron chi connectivity index (χ1n) is 9.68. The second-order valence-corrected chi connectivity index (χ2v) is 9.67. The number of rotatable bonds is 6. The van der Waals surface area contributed by atoms with E-state index in [0.717, 1.165) is 17.5 Å². The molecule has 2 aromatic rings. The Morgan fingerprint density at radius 2 is 2.03 bits per heavy atom. The molecule has 0 aliphatic carbocycles. The maximum Gasteiger partial charge on any atom is 0.341 e. The van der Waals surface area contributed by atoms with Crippen molar-refractivity contribution in [2.45, 2.75) is 39.7 Å². The molecule has 1 unspecified atom stereocenters. The zero-order valence-corrected chi connectivity index (χ0v) is 19.8. The van der Waals surface area contributed by atoms with Crippen LogP contribution in [-0.2, 0) is 11.2 Å². The van der Waals surface area contributed by atoms with Gasteiger partial charge in [0.1, 0.15) is 11.3 Å². The average Bonchev–Trinajstić information content (AvgIpc) is 2.66. The molecule has 1 atom stereocenters. The third kappa shape index (κ3) is 4.29. The van der Waals surface area contributed by atoms with Gasteiger partial charge in [-0.25, -0.2) is 4.79 Å². The topological polar surface area (TPSA) is 77.8 Å². The quantitative estimate of drug-likeness (QED) is 0.555. The van der Waals surface area contributed by atoms with Gasteiger partial charge in [0.2, 0.25) is 5.43 Å². The minimum atomic E-state index is -1.24. The van der Waals surface area contributed by atoms with Gasteiger partial charge in [-0.1, -0.05) is 32.4 Å². The molecule has 0 radical (unpaired) electrons. The first-order chi connectivity index (χ1) is 14.1. The monoisotopic (exact) mass is 497 g/mol. The molecule has 0 fully saturated rings. The largest absolute Gasteiger partial charge is 0.492 e. The summed E-state index contributed by atoms with van der Waals surface area (Å²) in [5.41, 5.74) is 1.45. The zero-order valence-electron chi connectivity index (χ0n) is 17.4. The zero-order chi connectivity index (χ0) is 22.2. The van der Waals surface area contributed by atoms with Crippen LogP contribution in [0.15, 0.2) is 27.6 Å². The van der Waals surface area contributed by atoms with Crippen LogP contribution in [0.4, 0.5) is 0 Å². The molecule has 0 amide bonds. The molecule has 162 valence electrons. The minimum absolute atomic E-state index is 0.0579. The molecule has 1 aromatic heterocycles. The number of methoxy groups -OCH3 is 1. The van der Waals surface area contributed by atoms with Gasteiger partial charge in [0, 0.05) is 37.9 Å². The summed E-state index contributed by atoms with van der Waals surface area (Å²) >= 11 is 9.85. The molecule has 6 nitrogen and oxygen atoms in total. The van der Waals surface area contributed by atoms with Crippen LogP contribution in [0.5, 0.6) is 5.75 Å². The number of benzene rings is 1. The lowest BCUT2D eigenvalue weighted by Gasteiger charge is -2.39. The standard InChI is InChI=1S/C22H25BrClNO5/c1-22(2,3)17-9-12-8-16(30-7-5-6-29-4)15(24)10-13(12)19-18(23)20(26)14(21(27)28)11-25(17)19/h8,10-11,17H,5-7,9H2,1-4H3,(H,27,28). The lowest BCUT2D eigenvalue weighted by molar-refractivity contribution is 0.0693. The molecule has 8 heteroatoms. The fourth-order valence-electron chi connectivity index (χ4n) is 3.77. The fourth-order valence-corrected chi connectivity index (χ4v) is 4.62. The van der Waals surface area contributed by atoms with Gasteiger partial charge in [0.05, 0.1) is 21.8 Å². The van der Waals surface area contributed by atoms with Gasteiger partial charge in [0.15, 0.2) is 0 Å². The SMILES string of the molecule is COCCCOc1cc2c(cc1Cl)-c1c(Br)c(=O)c(C(=O)O)cn1C(C(C)(C)C)C2. The van der Waals surface area contributed by atoms with Gasteiger partial charge in [-0.3, -0.25) is 4.79 Å². The Morgan fingerprint density at radius 1 is 1.33 bits per heavy atom. The maximum atomic E-state index is 12.7. The van der Waals surface area contributed by atoms with Gasteiger partial charge in [-0.05, 0) is 45.5 Å². The Kier molecular flexibility index (Phi) is 6.65. The van der Waals surface area contributed by atoms with E-state index in [-0.39, 0.29) is 21.5 Å². The highest BCUT2D eigenvalue weighted by Gasteiger charge is 2.35. The number of carbonyl (C=O) groups is 1. The summed E-state index contributed by atoms with van der Waals surface area (Å²) in [5.74, 6) is -0.652. The van der Waals surface area contributed by atoms with Crippen molar-refractivity contribution in [2.75, 3.05) is 20.3 Å². The number of hydrogen-bond donors (Lipinski definition) is 1. The van der Waals surface area contributed by atoms with E-state index >= 15 is 0 Å². The Bertz CT molecular complexity index is 1040. The number of nitrogens with zero attached hydrogens (tertiary/aromatic N) is 1. The molecule has 0 saturated heterocycles. The van der Waals surface area contributed by atoms with Crippen molar-refractivity contribution in [3.63, 3.8) is 0 Å². The first-order valence-corrected chi connectivity index (χ1v) is 10.9. The number of pyridine rings is 1.